The van der Waals surface area contributed by atoms with Gasteiger partial charge in [0.1, 0.15) is 5.75 Å². The zero-order valence-corrected chi connectivity index (χ0v) is 12.7. The number of amides is 1. The van der Waals surface area contributed by atoms with E-state index in [1.165, 1.54) is 24.3 Å². The summed E-state index contributed by atoms with van der Waals surface area (Å²) in [5.41, 5.74) is 0.251. The molecule has 0 bridgehead atoms. The number of hydrogen-bond donors (Lipinski definition) is 2. The Balaban J connectivity index is 1.82. The first-order chi connectivity index (χ1) is 10.8. The molecule has 2 N–H and O–H groups in total. The van der Waals surface area contributed by atoms with Crippen LogP contribution in [0.2, 0.25) is 0 Å². The lowest BCUT2D eigenvalue weighted by Gasteiger charge is -2.28. The molecule has 0 aliphatic heterocycles. The van der Waals surface area contributed by atoms with Gasteiger partial charge in [-0.2, -0.15) is 0 Å². The van der Waals surface area contributed by atoms with Gasteiger partial charge < -0.3 is 15.2 Å². The minimum absolute atomic E-state index is 0.0672. The maximum atomic E-state index is 12.1. The Morgan fingerprint density at radius 2 is 1.83 bits per heavy atom. The van der Waals surface area contributed by atoms with Gasteiger partial charge in [-0.15, -0.1) is 13.2 Å². The number of alkyl halides is 3. The van der Waals surface area contributed by atoms with Crippen molar-refractivity contribution < 1.29 is 27.8 Å². The highest BCUT2D eigenvalue weighted by molar-refractivity contribution is 5.77. The fraction of sp³-hybridized carbons (Fsp3) is 0.562. The van der Waals surface area contributed by atoms with E-state index in [2.05, 4.69) is 10.1 Å². The molecule has 1 fully saturated rings. The van der Waals surface area contributed by atoms with Crippen LogP contribution in [-0.4, -0.2) is 29.5 Å². The summed E-state index contributed by atoms with van der Waals surface area (Å²) in [6.45, 7) is -0.0672. The summed E-state index contributed by atoms with van der Waals surface area (Å²) >= 11 is 0. The van der Waals surface area contributed by atoms with Gasteiger partial charge in [0.05, 0.1) is 12.1 Å². The first-order valence-corrected chi connectivity index (χ1v) is 7.58. The molecule has 7 heteroatoms. The quantitative estimate of drug-likeness (QED) is 0.843. The average Bonchev–Trinajstić information content (AvgIpc) is 2.94. The van der Waals surface area contributed by atoms with Gasteiger partial charge in [-0.05, 0) is 37.0 Å². The monoisotopic (exact) mass is 331 g/mol. The molecule has 0 aromatic heterocycles. The average molecular weight is 331 g/mol. The SMILES string of the molecule is O=C(CCc1ccc(OC(F)(F)F)cc1)NC1(CO)CCCC1. The van der Waals surface area contributed by atoms with Crippen LogP contribution in [0.4, 0.5) is 13.2 Å². The Hall–Kier alpha value is -1.76. The number of aliphatic hydroxyl groups is 1. The van der Waals surface area contributed by atoms with E-state index in [1.807, 2.05) is 0 Å². The van der Waals surface area contributed by atoms with Crippen molar-refractivity contribution >= 4 is 5.91 Å². The number of carbonyl (C=O) groups excluding carboxylic acids is 1. The van der Waals surface area contributed by atoms with Gasteiger partial charge in [0.25, 0.3) is 0 Å². The molecule has 0 saturated heterocycles. The van der Waals surface area contributed by atoms with E-state index in [4.69, 9.17) is 0 Å². The van der Waals surface area contributed by atoms with Gasteiger partial charge in [0.2, 0.25) is 5.91 Å². The number of benzene rings is 1. The largest absolute Gasteiger partial charge is 0.573 e. The molecule has 4 nitrogen and oxygen atoms in total. The molecule has 1 aliphatic carbocycles. The molecule has 1 saturated carbocycles. The van der Waals surface area contributed by atoms with Crippen LogP contribution in [0.3, 0.4) is 0 Å². The minimum Gasteiger partial charge on any atom is -0.406 e. The zero-order valence-electron chi connectivity index (χ0n) is 12.7. The molecular formula is C16H20F3NO3. The minimum atomic E-state index is -4.71. The number of aliphatic hydroxyl groups excluding tert-OH is 1. The molecule has 0 heterocycles. The van der Waals surface area contributed by atoms with E-state index < -0.39 is 11.9 Å². The van der Waals surface area contributed by atoms with E-state index in [9.17, 15) is 23.1 Å². The zero-order chi connectivity index (χ0) is 16.9. The Morgan fingerprint density at radius 3 is 2.35 bits per heavy atom. The van der Waals surface area contributed by atoms with Crippen molar-refractivity contribution in [1.29, 1.82) is 0 Å². The van der Waals surface area contributed by atoms with Crippen LogP contribution in [0, 0.1) is 0 Å². The number of nitrogens with one attached hydrogen (secondary N) is 1. The molecule has 1 aliphatic rings. The predicted octanol–water partition coefficient (Wildman–Crippen LogP) is 2.94. The van der Waals surface area contributed by atoms with E-state index in [-0.39, 0.29) is 24.7 Å². The van der Waals surface area contributed by atoms with Gasteiger partial charge in [0.15, 0.2) is 0 Å². The van der Waals surface area contributed by atoms with Crippen molar-refractivity contribution in [3.05, 3.63) is 29.8 Å². The second kappa shape index (κ2) is 7.21. The molecule has 0 atom stereocenters. The maximum Gasteiger partial charge on any atom is 0.573 e. The van der Waals surface area contributed by atoms with Crippen molar-refractivity contribution in [2.24, 2.45) is 0 Å². The second-order valence-corrected chi connectivity index (χ2v) is 5.89. The standard InChI is InChI=1S/C16H20F3NO3/c17-16(18,19)23-13-6-3-12(4-7-13)5-8-14(22)20-15(11-21)9-1-2-10-15/h3-4,6-7,21H,1-2,5,8-11H2,(H,20,22). The Kier molecular flexibility index (Phi) is 5.51. The van der Waals surface area contributed by atoms with Crippen LogP contribution in [0.25, 0.3) is 0 Å². The van der Waals surface area contributed by atoms with E-state index in [0.29, 0.717) is 6.42 Å². The van der Waals surface area contributed by atoms with Crippen LogP contribution in [0.15, 0.2) is 24.3 Å². The summed E-state index contributed by atoms with van der Waals surface area (Å²) in [7, 11) is 0. The molecule has 0 spiro atoms. The fourth-order valence-corrected chi connectivity index (χ4v) is 2.85. The molecular weight excluding hydrogens is 311 g/mol. The van der Waals surface area contributed by atoms with Crippen LogP contribution in [-0.2, 0) is 11.2 Å². The molecule has 2 rings (SSSR count). The summed E-state index contributed by atoms with van der Waals surface area (Å²) in [6, 6.07) is 5.47. The van der Waals surface area contributed by atoms with E-state index in [1.54, 1.807) is 0 Å². The number of halogens is 3. The first kappa shape index (κ1) is 17.6. The second-order valence-electron chi connectivity index (χ2n) is 5.89. The third kappa shape index (κ3) is 5.42. The van der Waals surface area contributed by atoms with Crippen molar-refractivity contribution in [2.45, 2.75) is 50.4 Å². The van der Waals surface area contributed by atoms with Crippen LogP contribution >= 0.6 is 0 Å². The van der Waals surface area contributed by atoms with Crippen LogP contribution in [0.1, 0.15) is 37.7 Å². The summed E-state index contributed by atoms with van der Waals surface area (Å²) in [5, 5.41) is 12.3. The van der Waals surface area contributed by atoms with Crippen molar-refractivity contribution in [3.63, 3.8) is 0 Å². The third-order valence-corrected chi connectivity index (χ3v) is 4.07. The highest BCUT2D eigenvalue weighted by Crippen LogP contribution is 2.29. The summed E-state index contributed by atoms with van der Waals surface area (Å²) in [4.78, 5) is 12.0. The Bertz CT molecular complexity index is 522. The molecule has 1 amide bonds. The maximum absolute atomic E-state index is 12.1. The smallest absolute Gasteiger partial charge is 0.406 e. The first-order valence-electron chi connectivity index (χ1n) is 7.58. The lowest BCUT2D eigenvalue weighted by atomic mass is 9.98. The fourth-order valence-electron chi connectivity index (χ4n) is 2.85. The number of hydrogen-bond acceptors (Lipinski definition) is 3. The van der Waals surface area contributed by atoms with Gasteiger partial charge in [-0.3, -0.25) is 4.79 Å². The lowest BCUT2D eigenvalue weighted by molar-refractivity contribution is -0.274. The summed E-state index contributed by atoms with van der Waals surface area (Å²) in [5.74, 6) is -0.438. The van der Waals surface area contributed by atoms with Crippen molar-refractivity contribution in [1.82, 2.24) is 5.32 Å². The summed E-state index contributed by atoms with van der Waals surface area (Å²) in [6.07, 6.45) is -0.539. The van der Waals surface area contributed by atoms with Crippen molar-refractivity contribution in [2.75, 3.05) is 6.61 Å². The van der Waals surface area contributed by atoms with Gasteiger partial charge in [-0.1, -0.05) is 25.0 Å². The highest BCUT2D eigenvalue weighted by Gasteiger charge is 2.34. The number of ether oxygens (including phenoxy) is 1. The number of rotatable bonds is 6. The Labute approximate surface area is 132 Å². The van der Waals surface area contributed by atoms with Gasteiger partial charge in [0, 0.05) is 6.42 Å². The highest BCUT2D eigenvalue weighted by atomic mass is 19.4. The molecule has 1 aromatic carbocycles. The molecule has 0 unspecified atom stereocenters. The molecule has 23 heavy (non-hydrogen) atoms. The molecule has 1 aromatic rings. The van der Waals surface area contributed by atoms with Crippen molar-refractivity contribution in [3.8, 4) is 5.75 Å². The normalized spacial score (nSPS) is 17.0. The van der Waals surface area contributed by atoms with Crippen LogP contribution in [0.5, 0.6) is 5.75 Å². The molecule has 128 valence electrons. The Morgan fingerprint density at radius 1 is 1.22 bits per heavy atom. The van der Waals surface area contributed by atoms with Crippen LogP contribution < -0.4 is 10.1 Å². The van der Waals surface area contributed by atoms with Gasteiger partial charge >= 0.3 is 6.36 Å². The predicted molar refractivity (Wildman–Crippen MR) is 77.9 cm³/mol. The topological polar surface area (TPSA) is 58.6 Å². The van der Waals surface area contributed by atoms with E-state index >= 15 is 0 Å². The lowest BCUT2D eigenvalue weighted by Crippen LogP contribution is -2.49. The summed E-state index contributed by atoms with van der Waals surface area (Å²) < 4.78 is 40.0. The van der Waals surface area contributed by atoms with E-state index in [0.717, 1.165) is 31.2 Å². The molecule has 0 radical (unpaired) electrons. The third-order valence-electron chi connectivity index (χ3n) is 4.07. The number of aryl methyl sites for hydroxylation is 1. The number of carbonyl (C=O) groups is 1. The van der Waals surface area contributed by atoms with Gasteiger partial charge in [-0.25, -0.2) is 0 Å².